The smallest absolute Gasteiger partial charge is 0.410 e. The quantitative estimate of drug-likeness (QED) is 0.630. The molecule has 0 N–H and O–H groups in total. The number of halogens is 2. The Morgan fingerprint density at radius 1 is 1.15 bits per heavy atom. The number of amides is 1. The number of ether oxygens (including phenoxy) is 2. The van der Waals surface area contributed by atoms with E-state index in [0.717, 1.165) is 18.7 Å². The summed E-state index contributed by atoms with van der Waals surface area (Å²) in [5, 5.41) is 0. The van der Waals surface area contributed by atoms with E-state index in [9.17, 15) is 17.6 Å². The van der Waals surface area contributed by atoms with Gasteiger partial charge in [0, 0.05) is 38.5 Å². The molecule has 1 aromatic carbocycles. The Hall–Kier alpha value is -1.94. The van der Waals surface area contributed by atoms with Gasteiger partial charge in [-0.15, -0.1) is 0 Å². The van der Waals surface area contributed by atoms with Gasteiger partial charge in [0.15, 0.2) is 21.4 Å². The van der Waals surface area contributed by atoms with E-state index in [-0.39, 0.29) is 35.3 Å². The third kappa shape index (κ3) is 7.02. The van der Waals surface area contributed by atoms with Crippen LogP contribution in [0.4, 0.5) is 13.6 Å². The first-order chi connectivity index (χ1) is 15.3. The molecule has 2 aliphatic rings. The molecule has 0 spiro atoms. The standard InChI is InChI=1S/C23H34F2N2O5S/c1-23(2,3)32-22(28)27-11-9-26(10-12-27)20-7-5-16(13-18(20)24)15-31-21-8-6-17(14-19(21)25)33(4,29)30/h6,8,14,16,18,20H,5,7,9-13,15H2,1-4H3/t16-,18?,20?/m0/s1. The van der Waals surface area contributed by atoms with Gasteiger partial charge >= 0.3 is 6.09 Å². The predicted molar refractivity (Wildman–Crippen MR) is 120 cm³/mol. The van der Waals surface area contributed by atoms with Crippen LogP contribution in [0.5, 0.6) is 5.75 Å². The Labute approximate surface area is 194 Å². The Kier molecular flexibility index (Phi) is 7.88. The SMILES string of the molecule is CC(C)(C)OC(=O)N1CCN(C2CC[C@H](COc3ccc(S(C)(=O)=O)cc3F)CC2F)CC1. The monoisotopic (exact) mass is 488 g/mol. The Morgan fingerprint density at radius 2 is 1.82 bits per heavy atom. The number of nitrogens with zero attached hydrogens (tertiary/aromatic N) is 2. The fourth-order valence-corrected chi connectivity index (χ4v) is 4.98. The number of piperazine rings is 1. The molecule has 7 nitrogen and oxygen atoms in total. The van der Waals surface area contributed by atoms with Crippen molar-refractivity contribution in [3.05, 3.63) is 24.0 Å². The van der Waals surface area contributed by atoms with Gasteiger partial charge in [-0.05, 0) is 64.2 Å². The van der Waals surface area contributed by atoms with Gasteiger partial charge in [0.1, 0.15) is 11.8 Å². The molecule has 1 aromatic rings. The lowest BCUT2D eigenvalue weighted by atomic mass is 9.84. The molecule has 186 valence electrons. The summed E-state index contributed by atoms with van der Waals surface area (Å²) < 4.78 is 63.2. The summed E-state index contributed by atoms with van der Waals surface area (Å²) in [6.07, 6.45) is 1.38. The zero-order valence-corrected chi connectivity index (χ0v) is 20.5. The van der Waals surface area contributed by atoms with Gasteiger partial charge in [0.25, 0.3) is 0 Å². The molecule has 1 saturated carbocycles. The van der Waals surface area contributed by atoms with E-state index in [1.54, 1.807) is 4.90 Å². The number of hydrogen-bond acceptors (Lipinski definition) is 6. The van der Waals surface area contributed by atoms with Gasteiger partial charge in [0.05, 0.1) is 11.5 Å². The van der Waals surface area contributed by atoms with Gasteiger partial charge in [-0.25, -0.2) is 22.0 Å². The third-order valence-electron chi connectivity index (χ3n) is 6.09. The number of benzene rings is 1. The third-order valence-corrected chi connectivity index (χ3v) is 7.20. The van der Waals surface area contributed by atoms with Crippen LogP contribution < -0.4 is 4.74 Å². The number of sulfone groups is 1. The van der Waals surface area contributed by atoms with E-state index < -0.39 is 27.4 Å². The van der Waals surface area contributed by atoms with Crippen molar-refractivity contribution < 1.29 is 31.5 Å². The molecular weight excluding hydrogens is 454 g/mol. The highest BCUT2D eigenvalue weighted by molar-refractivity contribution is 7.90. The van der Waals surface area contributed by atoms with Crippen LogP contribution in [0.3, 0.4) is 0 Å². The maximum Gasteiger partial charge on any atom is 0.410 e. The molecule has 2 fully saturated rings. The molecule has 1 saturated heterocycles. The lowest BCUT2D eigenvalue weighted by Gasteiger charge is -2.43. The number of rotatable bonds is 5. The molecule has 10 heteroatoms. The minimum Gasteiger partial charge on any atom is -0.490 e. The normalized spacial score (nSPS) is 25.0. The van der Waals surface area contributed by atoms with Gasteiger partial charge in [0.2, 0.25) is 0 Å². The number of alkyl halides is 1. The first-order valence-electron chi connectivity index (χ1n) is 11.3. The highest BCUT2D eigenvalue weighted by Crippen LogP contribution is 2.32. The molecule has 1 heterocycles. The van der Waals surface area contributed by atoms with Crippen molar-refractivity contribution in [3.8, 4) is 5.75 Å². The van der Waals surface area contributed by atoms with E-state index in [1.807, 2.05) is 20.8 Å². The van der Waals surface area contributed by atoms with E-state index in [4.69, 9.17) is 9.47 Å². The van der Waals surface area contributed by atoms with Crippen molar-refractivity contribution in [2.24, 2.45) is 5.92 Å². The van der Waals surface area contributed by atoms with Crippen LogP contribution in [-0.2, 0) is 14.6 Å². The van der Waals surface area contributed by atoms with Crippen LogP contribution in [0.25, 0.3) is 0 Å². The Bertz CT molecular complexity index is 943. The minimum absolute atomic E-state index is 0.0294. The van der Waals surface area contributed by atoms with Gasteiger partial charge in [-0.3, -0.25) is 4.90 Å². The Balaban J connectivity index is 1.46. The Morgan fingerprint density at radius 3 is 2.36 bits per heavy atom. The largest absolute Gasteiger partial charge is 0.490 e. The van der Waals surface area contributed by atoms with Crippen LogP contribution in [0.1, 0.15) is 40.0 Å². The molecule has 0 bridgehead atoms. The van der Waals surface area contributed by atoms with Crippen molar-refractivity contribution >= 4 is 15.9 Å². The predicted octanol–water partition coefficient (Wildman–Crippen LogP) is 3.67. The highest BCUT2D eigenvalue weighted by atomic mass is 32.2. The first kappa shape index (κ1) is 25.7. The van der Waals surface area contributed by atoms with Crippen LogP contribution in [0, 0.1) is 11.7 Å². The topological polar surface area (TPSA) is 76.2 Å². The van der Waals surface area contributed by atoms with Gasteiger partial charge < -0.3 is 14.4 Å². The summed E-state index contributed by atoms with van der Waals surface area (Å²) in [5.74, 6) is -0.822. The van der Waals surface area contributed by atoms with Crippen molar-refractivity contribution in [1.82, 2.24) is 9.80 Å². The van der Waals surface area contributed by atoms with Crippen molar-refractivity contribution in [2.75, 3.05) is 39.0 Å². The second-order valence-electron chi connectivity index (χ2n) is 9.94. The van der Waals surface area contributed by atoms with Crippen molar-refractivity contribution in [1.29, 1.82) is 0 Å². The molecule has 3 rings (SSSR count). The summed E-state index contributed by atoms with van der Waals surface area (Å²) in [7, 11) is -3.50. The molecule has 2 unspecified atom stereocenters. The first-order valence-corrected chi connectivity index (χ1v) is 13.2. The maximum atomic E-state index is 15.0. The molecule has 1 aliphatic heterocycles. The lowest BCUT2D eigenvalue weighted by molar-refractivity contribution is -0.00677. The van der Waals surface area contributed by atoms with E-state index in [0.29, 0.717) is 39.0 Å². The molecule has 0 aromatic heterocycles. The molecule has 1 aliphatic carbocycles. The number of carbonyl (C=O) groups is 1. The fraction of sp³-hybridized carbons (Fsp3) is 0.696. The van der Waals surface area contributed by atoms with Crippen LogP contribution in [0.15, 0.2) is 23.1 Å². The molecule has 1 amide bonds. The summed E-state index contributed by atoms with van der Waals surface area (Å²) in [6, 6.07) is 3.34. The fourth-order valence-electron chi connectivity index (χ4n) is 4.34. The average molecular weight is 489 g/mol. The average Bonchev–Trinajstić information content (AvgIpc) is 2.71. The lowest BCUT2D eigenvalue weighted by Crippen LogP contribution is -2.56. The van der Waals surface area contributed by atoms with Gasteiger partial charge in [-0.1, -0.05) is 0 Å². The number of hydrogen-bond donors (Lipinski definition) is 0. The highest BCUT2D eigenvalue weighted by Gasteiger charge is 2.37. The second-order valence-corrected chi connectivity index (χ2v) is 12.0. The van der Waals surface area contributed by atoms with E-state index >= 15 is 4.39 Å². The summed E-state index contributed by atoms with van der Waals surface area (Å²) >= 11 is 0. The second kappa shape index (κ2) is 10.1. The minimum atomic E-state index is -3.50. The van der Waals surface area contributed by atoms with Crippen molar-refractivity contribution in [3.63, 3.8) is 0 Å². The van der Waals surface area contributed by atoms with E-state index in [1.165, 1.54) is 12.1 Å². The zero-order chi connectivity index (χ0) is 24.4. The molecular formula is C23H34F2N2O5S. The zero-order valence-electron chi connectivity index (χ0n) is 19.7. The van der Waals surface area contributed by atoms with Gasteiger partial charge in [-0.2, -0.15) is 0 Å². The maximum absolute atomic E-state index is 15.0. The van der Waals surface area contributed by atoms with Crippen LogP contribution in [-0.4, -0.2) is 81.2 Å². The van der Waals surface area contributed by atoms with Crippen LogP contribution >= 0.6 is 0 Å². The van der Waals surface area contributed by atoms with E-state index in [2.05, 4.69) is 4.90 Å². The summed E-state index contributed by atoms with van der Waals surface area (Å²) in [6.45, 7) is 7.88. The van der Waals surface area contributed by atoms with Crippen LogP contribution in [0.2, 0.25) is 0 Å². The molecule has 0 radical (unpaired) electrons. The molecule has 33 heavy (non-hydrogen) atoms. The number of carbonyl (C=O) groups excluding carboxylic acids is 1. The summed E-state index contributed by atoms with van der Waals surface area (Å²) in [5.41, 5.74) is -0.544. The summed E-state index contributed by atoms with van der Waals surface area (Å²) in [4.78, 5) is 15.9. The molecule has 3 atom stereocenters. The van der Waals surface area contributed by atoms with Crippen molar-refractivity contribution in [2.45, 2.75) is 62.7 Å².